The molecule has 0 bridgehead atoms. The van der Waals surface area contributed by atoms with Crippen molar-refractivity contribution in [2.24, 2.45) is 0 Å². The van der Waals surface area contributed by atoms with E-state index in [4.69, 9.17) is 5.41 Å². The first-order valence-corrected chi connectivity index (χ1v) is 9.08. The molecule has 0 saturated carbocycles. The smallest absolute Gasteiger partial charge is 0.295 e. The van der Waals surface area contributed by atoms with Gasteiger partial charge in [-0.15, -0.1) is 5.10 Å². The first-order valence-electron chi connectivity index (χ1n) is 9.08. The normalized spacial score (nSPS) is 10.8. The van der Waals surface area contributed by atoms with E-state index >= 15 is 0 Å². The number of aromatic nitrogens is 4. The third-order valence-corrected chi connectivity index (χ3v) is 4.57. The van der Waals surface area contributed by atoms with E-state index in [2.05, 4.69) is 20.8 Å². The van der Waals surface area contributed by atoms with Crippen LogP contribution >= 0.6 is 0 Å². The number of fused-ring (bicyclic) bond motifs is 1. The number of benzene rings is 3. The van der Waals surface area contributed by atoms with Gasteiger partial charge in [0.05, 0.1) is 5.69 Å². The van der Waals surface area contributed by atoms with Gasteiger partial charge in [0.1, 0.15) is 11.7 Å². The van der Waals surface area contributed by atoms with E-state index in [1.165, 1.54) is 16.8 Å². The summed E-state index contributed by atoms with van der Waals surface area (Å²) in [6.45, 7) is 0. The third-order valence-electron chi connectivity index (χ3n) is 4.57. The minimum Gasteiger partial charge on any atom is -0.363 e. The van der Waals surface area contributed by atoms with Gasteiger partial charge in [0.15, 0.2) is 0 Å². The lowest BCUT2D eigenvalue weighted by molar-refractivity contribution is 0.101. The average Bonchev–Trinajstić information content (AvgIpc) is 3.23. The third kappa shape index (κ3) is 3.72. The molecule has 0 saturated heterocycles. The van der Waals surface area contributed by atoms with Crippen molar-refractivity contribution in [3.63, 3.8) is 0 Å². The second kappa shape index (κ2) is 7.70. The highest BCUT2D eigenvalue weighted by atomic mass is 19.1. The zero-order chi connectivity index (χ0) is 21.3. The number of rotatable bonds is 4. The summed E-state index contributed by atoms with van der Waals surface area (Å²) in [6.07, 6.45) is 0. The Morgan fingerprint density at radius 3 is 2.47 bits per heavy atom. The summed E-state index contributed by atoms with van der Waals surface area (Å²) in [5.74, 6) is -0.409. The molecule has 9 heteroatoms. The van der Waals surface area contributed by atoms with Gasteiger partial charge >= 0.3 is 0 Å². The molecule has 4 aromatic rings. The molecular formula is C21H18FN7O. The fourth-order valence-corrected chi connectivity index (χ4v) is 2.99. The molecule has 0 radical (unpaired) electrons. The number of amidine groups is 1. The number of hydrogen-bond donors (Lipinski definition) is 2. The first-order chi connectivity index (χ1) is 14.4. The molecule has 150 valence electrons. The molecule has 1 amide bonds. The highest BCUT2D eigenvalue weighted by molar-refractivity contribution is 6.02. The topological polar surface area (TPSA) is 99.8 Å². The zero-order valence-electron chi connectivity index (χ0n) is 16.3. The Bertz CT molecular complexity index is 1250. The molecule has 0 atom stereocenters. The molecule has 1 aromatic heterocycles. The Balaban J connectivity index is 1.58. The van der Waals surface area contributed by atoms with Crippen LogP contribution in [0.5, 0.6) is 0 Å². The molecule has 0 aliphatic carbocycles. The van der Waals surface area contributed by atoms with Crippen molar-refractivity contribution in [2.75, 3.05) is 19.4 Å². The van der Waals surface area contributed by atoms with E-state index in [1.807, 2.05) is 0 Å². The van der Waals surface area contributed by atoms with E-state index in [1.54, 1.807) is 67.5 Å². The minimum absolute atomic E-state index is 0.0153. The number of hydrogen-bond acceptors (Lipinski definition) is 5. The van der Waals surface area contributed by atoms with Crippen molar-refractivity contribution in [2.45, 2.75) is 0 Å². The molecule has 3 aromatic carbocycles. The quantitative estimate of drug-likeness (QED) is 0.403. The second-order valence-corrected chi connectivity index (χ2v) is 6.86. The zero-order valence-corrected chi connectivity index (χ0v) is 16.3. The number of anilines is 1. The molecule has 2 N–H and O–H groups in total. The van der Waals surface area contributed by atoms with Crippen molar-refractivity contribution in [3.8, 4) is 5.69 Å². The van der Waals surface area contributed by atoms with E-state index in [9.17, 15) is 9.18 Å². The van der Waals surface area contributed by atoms with Crippen LogP contribution in [0.1, 0.15) is 16.2 Å². The predicted octanol–water partition coefficient (Wildman–Crippen LogP) is 3.09. The lowest BCUT2D eigenvalue weighted by atomic mass is 10.1. The maximum Gasteiger partial charge on any atom is 0.295 e. The number of nitrogens with zero attached hydrogens (tertiary/aromatic N) is 5. The van der Waals surface area contributed by atoms with Crippen LogP contribution in [0.2, 0.25) is 0 Å². The summed E-state index contributed by atoms with van der Waals surface area (Å²) >= 11 is 0. The summed E-state index contributed by atoms with van der Waals surface area (Å²) in [5.41, 5.74) is 1.87. The summed E-state index contributed by atoms with van der Waals surface area (Å²) in [5, 5.41) is 23.7. The summed E-state index contributed by atoms with van der Waals surface area (Å²) in [4.78, 5) is 14.4. The number of carbonyl (C=O) groups excluding carboxylic acids is 1. The monoisotopic (exact) mass is 403 g/mol. The van der Waals surface area contributed by atoms with Crippen molar-refractivity contribution in [1.82, 2.24) is 25.1 Å². The van der Waals surface area contributed by atoms with Crippen LogP contribution in [-0.2, 0) is 0 Å². The fourth-order valence-electron chi connectivity index (χ4n) is 2.99. The molecule has 1 heterocycles. The lowest BCUT2D eigenvalue weighted by Crippen LogP contribution is -2.22. The number of tetrazole rings is 1. The van der Waals surface area contributed by atoms with Crippen molar-refractivity contribution < 1.29 is 9.18 Å². The van der Waals surface area contributed by atoms with Crippen molar-refractivity contribution in [3.05, 3.63) is 77.9 Å². The Labute approximate surface area is 171 Å². The largest absolute Gasteiger partial charge is 0.363 e. The van der Waals surface area contributed by atoms with Gasteiger partial charge in [0, 0.05) is 25.3 Å². The number of halogens is 1. The molecule has 0 fully saturated rings. The van der Waals surface area contributed by atoms with Gasteiger partial charge in [-0.25, -0.2) is 4.39 Å². The van der Waals surface area contributed by atoms with Crippen LogP contribution in [0.3, 0.4) is 0 Å². The highest BCUT2D eigenvalue weighted by Crippen LogP contribution is 2.20. The summed E-state index contributed by atoms with van der Waals surface area (Å²) < 4.78 is 14.7. The van der Waals surface area contributed by atoms with E-state index in [0.29, 0.717) is 17.2 Å². The Hall–Kier alpha value is -4.14. The second-order valence-electron chi connectivity index (χ2n) is 6.86. The van der Waals surface area contributed by atoms with Gasteiger partial charge in [0.2, 0.25) is 5.82 Å². The summed E-state index contributed by atoms with van der Waals surface area (Å²) in [7, 11) is 3.59. The Morgan fingerprint density at radius 1 is 1.03 bits per heavy atom. The van der Waals surface area contributed by atoms with Gasteiger partial charge < -0.3 is 10.2 Å². The number of amides is 1. The van der Waals surface area contributed by atoms with Gasteiger partial charge in [0.25, 0.3) is 5.91 Å². The van der Waals surface area contributed by atoms with E-state index < -0.39 is 5.91 Å². The number of nitrogens with one attached hydrogen (secondary N) is 2. The number of carbonyl (C=O) groups is 1. The van der Waals surface area contributed by atoms with Crippen LogP contribution in [0.25, 0.3) is 16.5 Å². The maximum atomic E-state index is 13.4. The molecule has 8 nitrogen and oxygen atoms in total. The average molecular weight is 403 g/mol. The highest BCUT2D eigenvalue weighted by Gasteiger charge is 2.17. The SMILES string of the molecule is CN(C)C(=N)c1ccc(NC(=O)c2nnnn2-c2ccc3cc(F)ccc3c2)cc1. The minimum atomic E-state index is -0.477. The van der Waals surface area contributed by atoms with Gasteiger partial charge in [-0.05, 0) is 69.7 Å². The maximum absolute atomic E-state index is 13.4. The van der Waals surface area contributed by atoms with Crippen LogP contribution in [0.15, 0.2) is 60.7 Å². The molecule has 0 aliphatic rings. The van der Waals surface area contributed by atoms with Crippen molar-refractivity contribution >= 4 is 28.2 Å². The van der Waals surface area contributed by atoms with Crippen LogP contribution < -0.4 is 5.32 Å². The van der Waals surface area contributed by atoms with Gasteiger partial charge in [-0.2, -0.15) is 4.68 Å². The van der Waals surface area contributed by atoms with Gasteiger partial charge in [-0.3, -0.25) is 10.2 Å². The molecular weight excluding hydrogens is 385 g/mol. The predicted molar refractivity (Wildman–Crippen MR) is 112 cm³/mol. The molecule has 4 rings (SSSR count). The van der Waals surface area contributed by atoms with E-state index in [0.717, 1.165) is 16.3 Å². The first kappa shape index (κ1) is 19.2. The molecule has 30 heavy (non-hydrogen) atoms. The fraction of sp³-hybridized carbons (Fsp3) is 0.0952. The molecule has 0 aliphatic heterocycles. The Kier molecular flexibility index (Phi) is 4.93. The van der Waals surface area contributed by atoms with Crippen molar-refractivity contribution in [1.29, 1.82) is 5.41 Å². The van der Waals surface area contributed by atoms with E-state index in [-0.39, 0.29) is 11.6 Å². The molecule has 0 unspecified atom stereocenters. The molecule has 0 spiro atoms. The van der Waals surface area contributed by atoms with Crippen LogP contribution in [0.4, 0.5) is 10.1 Å². The van der Waals surface area contributed by atoms with Gasteiger partial charge in [-0.1, -0.05) is 12.1 Å². The standard InChI is InChI=1S/C21H18FN7O/c1-28(2)19(23)13-4-8-17(9-5-13)24-21(30)20-25-26-27-29(20)18-10-6-14-11-16(22)7-3-15(14)12-18/h3-12,23H,1-2H3,(H,24,30). The van der Waals surface area contributed by atoms with Crippen LogP contribution in [0, 0.1) is 11.2 Å². The summed E-state index contributed by atoms with van der Waals surface area (Å²) in [6, 6.07) is 16.6. The Morgan fingerprint density at radius 2 is 1.73 bits per heavy atom. The van der Waals surface area contributed by atoms with Crippen LogP contribution in [-0.4, -0.2) is 50.9 Å². The lowest BCUT2D eigenvalue weighted by Gasteiger charge is -2.14.